The summed E-state index contributed by atoms with van der Waals surface area (Å²) in [6.45, 7) is 1.23. The molecule has 3 aromatic rings. The Morgan fingerprint density at radius 2 is 1.85 bits per heavy atom. The van der Waals surface area contributed by atoms with Crippen LogP contribution in [0.1, 0.15) is 11.3 Å². The van der Waals surface area contributed by atoms with Gasteiger partial charge in [-0.2, -0.15) is 0 Å². The monoisotopic (exact) mass is 367 g/mol. The lowest BCUT2D eigenvalue weighted by Crippen LogP contribution is -2.29. The van der Waals surface area contributed by atoms with E-state index in [1.807, 2.05) is 54.6 Å². The van der Waals surface area contributed by atoms with Crippen LogP contribution in [-0.2, 0) is 18.0 Å². The Morgan fingerprint density at radius 3 is 2.59 bits per heavy atom. The van der Waals surface area contributed by atoms with Crippen LogP contribution in [0, 0.1) is 0 Å². The summed E-state index contributed by atoms with van der Waals surface area (Å²) in [7, 11) is 0. The second-order valence-electron chi connectivity index (χ2n) is 5.77. The van der Waals surface area contributed by atoms with Crippen molar-refractivity contribution in [3.8, 4) is 17.0 Å². The lowest BCUT2D eigenvalue weighted by molar-refractivity contribution is 0.128. The van der Waals surface area contributed by atoms with E-state index in [0.717, 1.165) is 16.9 Å². The molecule has 0 aliphatic heterocycles. The molecule has 0 bridgehead atoms. The van der Waals surface area contributed by atoms with Gasteiger partial charge in [0.1, 0.15) is 18.1 Å². The first kappa shape index (κ1) is 18.5. The number of aromatic nitrogens is 1. The minimum atomic E-state index is -0.543. The number of hydrogen-bond acceptors (Lipinski definition) is 6. The zero-order valence-electron chi connectivity index (χ0n) is 14.8. The summed E-state index contributed by atoms with van der Waals surface area (Å²) >= 11 is 0. The molecule has 7 nitrogen and oxygen atoms in total. The van der Waals surface area contributed by atoms with Gasteiger partial charge in [0.15, 0.2) is 12.4 Å². The number of carbonyl (C=O) groups excluding carboxylic acids is 1. The van der Waals surface area contributed by atoms with Crippen LogP contribution >= 0.6 is 0 Å². The van der Waals surface area contributed by atoms with Gasteiger partial charge in [-0.05, 0) is 29.8 Å². The van der Waals surface area contributed by atoms with Gasteiger partial charge in [0, 0.05) is 24.7 Å². The maximum absolute atomic E-state index is 11.4. The van der Waals surface area contributed by atoms with E-state index in [1.165, 1.54) is 0 Å². The number of nitrogens with two attached hydrogens (primary N) is 1. The highest BCUT2D eigenvalue weighted by Gasteiger charge is 2.09. The van der Waals surface area contributed by atoms with Crippen molar-refractivity contribution < 1.29 is 18.8 Å². The van der Waals surface area contributed by atoms with Gasteiger partial charge >= 0.3 is 6.09 Å². The third-order valence-electron chi connectivity index (χ3n) is 3.72. The Morgan fingerprint density at radius 1 is 1.07 bits per heavy atom. The van der Waals surface area contributed by atoms with Crippen LogP contribution in [0.5, 0.6) is 5.75 Å². The minimum Gasteiger partial charge on any atom is -0.489 e. The van der Waals surface area contributed by atoms with E-state index < -0.39 is 6.09 Å². The summed E-state index contributed by atoms with van der Waals surface area (Å²) in [4.78, 5) is 11.4. The Kier molecular flexibility index (Phi) is 6.43. The zero-order valence-corrected chi connectivity index (χ0v) is 14.8. The van der Waals surface area contributed by atoms with Crippen molar-refractivity contribution >= 4 is 6.09 Å². The number of alkyl carbamates (subject to hydrolysis) is 1. The summed E-state index contributed by atoms with van der Waals surface area (Å²) in [6, 6.07) is 19.3. The van der Waals surface area contributed by atoms with Gasteiger partial charge in [-0.15, -0.1) is 0 Å². The number of hydrogen-bond donors (Lipinski definition) is 2. The van der Waals surface area contributed by atoms with E-state index in [1.54, 1.807) is 6.07 Å². The second kappa shape index (κ2) is 9.40. The highest BCUT2D eigenvalue weighted by atomic mass is 16.6. The summed E-state index contributed by atoms with van der Waals surface area (Å²) in [5.41, 5.74) is 7.95. The van der Waals surface area contributed by atoms with Crippen LogP contribution in [0.3, 0.4) is 0 Å². The fraction of sp³-hybridized carbons (Fsp3) is 0.200. The van der Waals surface area contributed by atoms with Crippen molar-refractivity contribution in [1.29, 1.82) is 0 Å². The van der Waals surface area contributed by atoms with Gasteiger partial charge < -0.3 is 25.0 Å². The molecule has 0 spiro atoms. The lowest BCUT2D eigenvalue weighted by atomic mass is 10.1. The van der Waals surface area contributed by atoms with E-state index in [9.17, 15) is 4.79 Å². The molecule has 7 heteroatoms. The van der Waals surface area contributed by atoms with Gasteiger partial charge in [0.25, 0.3) is 0 Å². The summed E-state index contributed by atoms with van der Waals surface area (Å²) < 4.78 is 16.0. The number of nitrogens with zero attached hydrogens (tertiary/aromatic N) is 1. The quantitative estimate of drug-likeness (QED) is 0.635. The number of ether oxygens (including phenoxy) is 2. The highest BCUT2D eigenvalue weighted by molar-refractivity contribution is 5.67. The average Bonchev–Trinajstić information content (AvgIpc) is 3.19. The van der Waals surface area contributed by atoms with Crippen LogP contribution < -0.4 is 15.8 Å². The van der Waals surface area contributed by atoms with Crippen molar-refractivity contribution in [2.45, 2.75) is 13.2 Å². The topological polar surface area (TPSA) is 99.6 Å². The summed E-state index contributed by atoms with van der Waals surface area (Å²) in [5.74, 6) is 1.23. The van der Waals surface area contributed by atoms with Crippen LogP contribution in [0.4, 0.5) is 4.79 Å². The minimum absolute atomic E-state index is 0.00166. The third-order valence-corrected chi connectivity index (χ3v) is 3.72. The van der Waals surface area contributed by atoms with Crippen molar-refractivity contribution in [3.63, 3.8) is 0 Å². The van der Waals surface area contributed by atoms with E-state index in [4.69, 9.17) is 19.7 Å². The molecule has 140 valence electrons. The molecule has 0 unspecified atom stereocenters. The first-order valence-corrected chi connectivity index (χ1v) is 8.58. The maximum Gasteiger partial charge on any atom is 0.407 e. The smallest absolute Gasteiger partial charge is 0.407 e. The molecule has 27 heavy (non-hydrogen) atoms. The molecule has 2 aromatic carbocycles. The van der Waals surface area contributed by atoms with Crippen molar-refractivity contribution in [2.75, 3.05) is 13.1 Å². The third kappa shape index (κ3) is 5.58. The van der Waals surface area contributed by atoms with Crippen LogP contribution in [0.25, 0.3) is 11.3 Å². The average molecular weight is 367 g/mol. The van der Waals surface area contributed by atoms with E-state index in [-0.39, 0.29) is 6.61 Å². The fourth-order valence-electron chi connectivity index (χ4n) is 2.34. The van der Waals surface area contributed by atoms with E-state index in [0.29, 0.717) is 31.2 Å². The number of rotatable bonds is 8. The zero-order chi connectivity index (χ0) is 18.9. The first-order valence-electron chi connectivity index (χ1n) is 8.58. The molecule has 0 saturated carbocycles. The molecular formula is C20H21N3O4. The Bertz CT molecular complexity index is 847. The summed E-state index contributed by atoms with van der Waals surface area (Å²) in [6.07, 6.45) is -0.543. The Labute approximate surface area is 157 Å². The molecule has 3 rings (SSSR count). The molecule has 0 aliphatic rings. The number of amides is 1. The first-order chi connectivity index (χ1) is 13.2. The molecule has 0 radical (unpaired) electrons. The highest BCUT2D eigenvalue weighted by Crippen LogP contribution is 2.23. The summed E-state index contributed by atoms with van der Waals surface area (Å²) in [5, 5.41) is 6.51. The van der Waals surface area contributed by atoms with Gasteiger partial charge in [-0.3, -0.25) is 0 Å². The molecule has 0 fully saturated rings. The lowest BCUT2D eigenvalue weighted by Gasteiger charge is -2.06. The van der Waals surface area contributed by atoms with Crippen molar-refractivity contribution in [1.82, 2.24) is 10.5 Å². The van der Waals surface area contributed by atoms with Crippen LogP contribution in [0.2, 0.25) is 0 Å². The molecule has 3 N–H and O–H groups in total. The van der Waals surface area contributed by atoms with Gasteiger partial charge in [0.05, 0.1) is 0 Å². The molecule has 1 amide bonds. The number of nitrogens with one attached hydrogen (secondary N) is 1. The Balaban J connectivity index is 1.53. The van der Waals surface area contributed by atoms with Crippen molar-refractivity contribution in [2.24, 2.45) is 5.73 Å². The van der Waals surface area contributed by atoms with Crippen molar-refractivity contribution in [3.05, 3.63) is 72.0 Å². The molecule has 1 heterocycles. The second-order valence-corrected chi connectivity index (χ2v) is 5.77. The van der Waals surface area contributed by atoms with Gasteiger partial charge in [0.2, 0.25) is 0 Å². The molecular weight excluding hydrogens is 346 g/mol. The van der Waals surface area contributed by atoms with Crippen LogP contribution in [-0.4, -0.2) is 24.3 Å². The molecule has 1 aromatic heterocycles. The largest absolute Gasteiger partial charge is 0.489 e. The van der Waals surface area contributed by atoms with Crippen LogP contribution in [0.15, 0.2) is 65.2 Å². The SMILES string of the molecule is NCCNC(=O)OCc1cc(-c2ccc(OCc3ccccc3)cc2)no1. The molecule has 0 atom stereocenters. The fourth-order valence-corrected chi connectivity index (χ4v) is 2.34. The van der Waals surface area contributed by atoms with Gasteiger partial charge in [-0.25, -0.2) is 4.79 Å². The van der Waals surface area contributed by atoms with E-state index in [2.05, 4.69) is 10.5 Å². The standard InChI is InChI=1S/C20H21N3O4/c21-10-11-22-20(24)26-14-18-12-19(23-27-18)16-6-8-17(9-7-16)25-13-15-4-2-1-3-5-15/h1-9,12H,10-11,13-14,21H2,(H,22,24). The van der Waals surface area contributed by atoms with E-state index >= 15 is 0 Å². The Hall–Kier alpha value is -3.32. The predicted octanol–water partition coefficient (Wildman–Crippen LogP) is 3.11. The normalized spacial score (nSPS) is 10.4. The predicted molar refractivity (Wildman–Crippen MR) is 100.0 cm³/mol. The number of carbonyl (C=O) groups is 1. The number of benzene rings is 2. The maximum atomic E-state index is 11.4. The van der Waals surface area contributed by atoms with Gasteiger partial charge in [-0.1, -0.05) is 35.5 Å². The molecule has 0 saturated heterocycles. The molecule has 0 aliphatic carbocycles.